The highest BCUT2D eigenvalue weighted by molar-refractivity contribution is 7.90. The number of nitrogens with one attached hydrogen (secondary N) is 1. The molecule has 0 aliphatic rings. The lowest BCUT2D eigenvalue weighted by molar-refractivity contribution is -0.274. The zero-order chi connectivity index (χ0) is 29.2. The molecule has 3 aromatic carbocycles. The number of carbonyl (C=O) groups is 2. The van der Waals surface area contributed by atoms with Gasteiger partial charge in [-0.3, -0.25) is 14.2 Å². The molecule has 0 atom stereocenters. The molecular formula is C27H22ClF3N2O6S. The molecule has 1 N–H and O–H groups in total. The van der Waals surface area contributed by atoms with Crippen LogP contribution in [0.4, 0.5) is 13.2 Å². The second kappa shape index (κ2) is 11.2. The van der Waals surface area contributed by atoms with Gasteiger partial charge in [-0.2, -0.15) is 0 Å². The summed E-state index contributed by atoms with van der Waals surface area (Å²) in [4.78, 5) is 25.8. The molecule has 1 heterocycles. The third kappa shape index (κ3) is 6.40. The molecule has 0 radical (unpaired) electrons. The normalized spacial score (nSPS) is 11.8. The van der Waals surface area contributed by atoms with Crippen molar-refractivity contribution in [3.63, 3.8) is 0 Å². The fraction of sp³-hybridized carbons (Fsp3) is 0.185. The van der Waals surface area contributed by atoms with Crippen LogP contribution in [0.25, 0.3) is 10.9 Å². The number of alkyl halides is 3. The highest BCUT2D eigenvalue weighted by Gasteiger charge is 2.31. The number of halogens is 4. The van der Waals surface area contributed by atoms with E-state index in [0.717, 1.165) is 24.3 Å². The Hall–Kier alpha value is -4.03. The Morgan fingerprint density at radius 2 is 1.60 bits per heavy atom. The van der Waals surface area contributed by atoms with Crippen LogP contribution < -0.4 is 14.2 Å². The number of rotatable bonds is 8. The van der Waals surface area contributed by atoms with E-state index in [1.807, 2.05) is 4.72 Å². The molecule has 0 fully saturated rings. The molecule has 0 aliphatic heterocycles. The van der Waals surface area contributed by atoms with Crippen molar-refractivity contribution < 1.29 is 40.7 Å². The number of carbonyl (C=O) groups excluding carboxylic acids is 2. The zero-order valence-corrected chi connectivity index (χ0v) is 22.7. The average molecular weight is 595 g/mol. The van der Waals surface area contributed by atoms with Crippen molar-refractivity contribution in [3.05, 3.63) is 88.6 Å². The topological polar surface area (TPSA) is 104 Å². The largest absolute Gasteiger partial charge is 0.573 e. The first-order chi connectivity index (χ1) is 18.8. The molecule has 0 aliphatic carbocycles. The summed E-state index contributed by atoms with van der Waals surface area (Å²) >= 11 is 5.96. The Kier molecular flexibility index (Phi) is 8.13. The lowest BCUT2D eigenvalue weighted by Crippen LogP contribution is -2.31. The van der Waals surface area contributed by atoms with Gasteiger partial charge in [0.25, 0.3) is 15.9 Å². The molecule has 0 spiro atoms. The molecule has 4 aromatic rings. The summed E-state index contributed by atoms with van der Waals surface area (Å²) in [6.45, 7) is 1.78. The van der Waals surface area contributed by atoms with Crippen molar-refractivity contribution in [2.45, 2.75) is 31.0 Å². The van der Waals surface area contributed by atoms with E-state index in [1.54, 1.807) is 49.4 Å². The highest BCUT2D eigenvalue weighted by Crippen LogP contribution is 2.31. The smallest absolute Gasteiger partial charge is 0.497 e. The molecule has 8 nitrogen and oxygen atoms in total. The van der Waals surface area contributed by atoms with Crippen LogP contribution in [0.5, 0.6) is 11.5 Å². The van der Waals surface area contributed by atoms with Gasteiger partial charge in [-0.25, -0.2) is 13.1 Å². The summed E-state index contributed by atoms with van der Waals surface area (Å²) in [5.41, 5.74) is 2.11. The Morgan fingerprint density at radius 3 is 2.20 bits per heavy atom. The van der Waals surface area contributed by atoms with E-state index >= 15 is 0 Å². The minimum Gasteiger partial charge on any atom is -0.497 e. The van der Waals surface area contributed by atoms with Gasteiger partial charge in [0.15, 0.2) is 0 Å². The van der Waals surface area contributed by atoms with Gasteiger partial charge >= 0.3 is 6.36 Å². The van der Waals surface area contributed by atoms with Gasteiger partial charge in [0.1, 0.15) is 11.5 Å². The lowest BCUT2D eigenvalue weighted by Gasteiger charge is -2.12. The van der Waals surface area contributed by atoms with Crippen molar-refractivity contribution in [1.82, 2.24) is 9.29 Å². The van der Waals surface area contributed by atoms with Crippen LogP contribution >= 0.6 is 11.6 Å². The van der Waals surface area contributed by atoms with Crippen molar-refractivity contribution in [2.24, 2.45) is 0 Å². The predicted octanol–water partition coefficient (Wildman–Crippen LogP) is 5.64. The van der Waals surface area contributed by atoms with Gasteiger partial charge in [-0.1, -0.05) is 11.6 Å². The molecule has 210 valence electrons. The Morgan fingerprint density at radius 1 is 0.975 bits per heavy atom. The Bertz CT molecular complexity index is 1680. The maximum Gasteiger partial charge on any atom is 0.573 e. The van der Waals surface area contributed by atoms with Crippen molar-refractivity contribution in [2.75, 3.05) is 7.11 Å². The van der Waals surface area contributed by atoms with Crippen molar-refractivity contribution in [1.29, 1.82) is 0 Å². The first-order valence-corrected chi connectivity index (χ1v) is 13.5. The van der Waals surface area contributed by atoms with E-state index in [-0.39, 0.29) is 18.7 Å². The molecule has 13 heteroatoms. The third-order valence-electron chi connectivity index (χ3n) is 6.05. The molecular weight excluding hydrogens is 573 g/mol. The number of amides is 1. The number of nitrogens with zero attached hydrogens (tertiary/aromatic N) is 1. The van der Waals surface area contributed by atoms with E-state index in [4.69, 9.17) is 16.3 Å². The van der Waals surface area contributed by atoms with Crippen LogP contribution in [0.3, 0.4) is 0 Å². The van der Waals surface area contributed by atoms with E-state index in [2.05, 4.69) is 4.74 Å². The Balaban J connectivity index is 1.58. The van der Waals surface area contributed by atoms with E-state index in [9.17, 15) is 31.2 Å². The summed E-state index contributed by atoms with van der Waals surface area (Å²) in [5.74, 6) is -1.29. The fourth-order valence-electron chi connectivity index (χ4n) is 4.17. The lowest BCUT2D eigenvalue weighted by atomic mass is 10.1. The number of ether oxygens (including phenoxy) is 2. The van der Waals surface area contributed by atoms with Gasteiger partial charge in [0.2, 0.25) is 5.91 Å². The minimum atomic E-state index is -4.94. The maximum absolute atomic E-state index is 13.5. The molecule has 4 rings (SSSR count). The first-order valence-electron chi connectivity index (χ1n) is 11.7. The van der Waals surface area contributed by atoms with Crippen LogP contribution in [0.2, 0.25) is 5.02 Å². The number of hydrogen-bond acceptors (Lipinski definition) is 6. The van der Waals surface area contributed by atoms with Gasteiger partial charge in [0, 0.05) is 28.1 Å². The number of methoxy groups -OCH3 is 1. The number of benzene rings is 3. The monoisotopic (exact) mass is 594 g/mol. The molecule has 0 saturated heterocycles. The number of aromatic nitrogens is 1. The van der Waals surface area contributed by atoms with Gasteiger partial charge in [-0.15, -0.1) is 13.2 Å². The average Bonchev–Trinajstić information content (AvgIpc) is 3.17. The van der Waals surface area contributed by atoms with Crippen LogP contribution in [0, 0.1) is 6.92 Å². The number of sulfonamides is 1. The number of fused-ring (bicyclic) bond motifs is 1. The van der Waals surface area contributed by atoms with Crippen LogP contribution in [0.15, 0.2) is 71.6 Å². The van der Waals surface area contributed by atoms with E-state index in [1.165, 1.54) is 11.7 Å². The second-order valence-corrected chi connectivity index (χ2v) is 10.8. The molecule has 1 aromatic heterocycles. The predicted molar refractivity (Wildman–Crippen MR) is 141 cm³/mol. The number of aryl methyl sites for hydroxylation is 1. The van der Waals surface area contributed by atoms with E-state index < -0.39 is 32.9 Å². The van der Waals surface area contributed by atoms with Crippen LogP contribution in [0.1, 0.15) is 28.0 Å². The summed E-state index contributed by atoms with van der Waals surface area (Å²) in [6.07, 6.45) is -5.24. The van der Waals surface area contributed by atoms with Crippen LogP contribution in [-0.4, -0.2) is 38.3 Å². The van der Waals surface area contributed by atoms with Gasteiger partial charge < -0.3 is 9.47 Å². The molecule has 40 heavy (non-hydrogen) atoms. The SMILES string of the molecule is COc1ccc2c(c1)c(C)c(CCC(=O)NS(=O)(=O)c1ccc(OC(F)(F)F)cc1)n2C(=O)c1ccc(Cl)cc1. The summed E-state index contributed by atoms with van der Waals surface area (Å²) in [6, 6.07) is 14.9. The van der Waals surface area contributed by atoms with E-state index in [0.29, 0.717) is 38.5 Å². The van der Waals surface area contributed by atoms with Gasteiger partial charge in [-0.05, 0) is 85.6 Å². The molecule has 0 bridgehead atoms. The quantitative estimate of drug-likeness (QED) is 0.283. The molecule has 1 amide bonds. The summed E-state index contributed by atoms with van der Waals surface area (Å²) < 4.78 is 74.8. The van der Waals surface area contributed by atoms with Crippen LogP contribution in [-0.2, 0) is 21.2 Å². The first kappa shape index (κ1) is 29.0. The van der Waals surface area contributed by atoms with Gasteiger partial charge in [0.05, 0.1) is 17.5 Å². The minimum absolute atomic E-state index is 0.00186. The third-order valence-corrected chi connectivity index (χ3v) is 7.69. The molecule has 0 unspecified atom stereocenters. The standard InChI is InChI=1S/C27H22ClF3N2O6S/c1-16-22-15-20(38-2)9-12-24(22)33(26(35)17-3-5-18(28)6-4-17)23(16)13-14-25(34)32-40(36,37)21-10-7-19(8-11-21)39-27(29,30)31/h3-12,15H,13-14H2,1-2H3,(H,32,34). The fourth-order valence-corrected chi connectivity index (χ4v) is 5.31. The Labute approximate surface area is 232 Å². The zero-order valence-electron chi connectivity index (χ0n) is 21.1. The highest BCUT2D eigenvalue weighted by atomic mass is 35.5. The maximum atomic E-state index is 13.5. The second-order valence-electron chi connectivity index (χ2n) is 8.65. The van der Waals surface area contributed by atoms with Crippen molar-refractivity contribution in [3.8, 4) is 11.5 Å². The number of hydrogen-bond donors (Lipinski definition) is 1. The summed E-state index contributed by atoms with van der Waals surface area (Å²) in [5, 5.41) is 1.17. The van der Waals surface area contributed by atoms with Crippen molar-refractivity contribution >= 4 is 44.3 Å². The molecule has 0 saturated carbocycles. The summed E-state index contributed by atoms with van der Waals surface area (Å²) in [7, 11) is -2.87.